The molecule has 2 fully saturated rings. The molecule has 0 bridgehead atoms. The second-order valence-corrected chi connectivity index (χ2v) is 19.6. The van der Waals surface area contributed by atoms with Gasteiger partial charge in [-0.2, -0.15) is 10.2 Å². The lowest BCUT2D eigenvalue weighted by Gasteiger charge is -2.36. The summed E-state index contributed by atoms with van der Waals surface area (Å²) in [6.07, 6.45) is 27.6. The molecule has 13 heteroatoms. The lowest BCUT2D eigenvalue weighted by atomic mass is 9.81. The molecule has 6 heterocycles. The van der Waals surface area contributed by atoms with E-state index in [1.807, 2.05) is 43.4 Å². The van der Waals surface area contributed by atoms with Gasteiger partial charge in [-0.25, -0.2) is 22.4 Å². The van der Waals surface area contributed by atoms with Crippen LogP contribution in [0.15, 0.2) is 96.9 Å². The predicted molar refractivity (Wildman–Crippen MR) is 254 cm³/mol. The second-order valence-electron chi connectivity index (χ2n) is 17.7. The smallest absolute Gasteiger partial charge is 0.269 e. The quantitative estimate of drug-likeness (QED) is 0.115. The van der Waals surface area contributed by atoms with Crippen molar-refractivity contribution in [1.82, 2.24) is 48.3 Å². The highest BCUT2D eigenvalue weighted by Crippen LogP contribution is 2.40. The van der Waals surface area contributed by atoms with Crippen LogP contribution in [0.3, 0.4) is 0 Å². The molecule has 6 aromatic heterocycles. The Balaban J connectivity index is 0.000000180. The van der Waals surface area contributed by atoms with E-state index in [0.29, 0.717) is 23.5 Å². The molecule has 1 N–H and O–H groups in total. The molecule has 63 heavy (non-hydrogen) atoms. The van der Waals surface area contributed by atoms with Crippen LogP contribution in [0.25, 0.3) is 44.3 Å². The third-order valence-corrected chi connectivity index (χ3v) is 15.4. The van der Waals surface area contributed by atoms with Crippen LogP contribution in [0.4, 0.5) is 0 Å². The van der Waals surface area contributed by atoms with E-state index in [4.69, 9.17) is 9.97 Å². The number of aromatic nitrogens is 8. The standard InChI is InChI=1S/C28H35N5O2S.C22H31N5/c1-4-15-32(5-2)24-13-11-21(12-14-24)22-16-26-27(23-18-30-31(3)19-23)20-33(28(26)29-17-22)36(34,35)25-9-7-6-8-10-25;1-4-10-27(5-2)19-8-6-16(7-9-19)17-11-20-21(14-24-22(20)23-12-17)18-13-25-26(3)15-18/h6-10,16-21,24H,4-5,11-15H2,1-3H3;11-16,19H,4-10H2,1-3H3,(H,23,24). The second kappa shape index (κ2) is 19.7. The number of aryl methyl sites for hydroxylation is 2. The number of hydrogen-bond acceptors (Lipinski definition) is 8. The molecule has 7 aromatic rings. The highest BCUT2D eigenvalue weighted by Gasteiger charge is 2.29. The van der Waals surface area contributed by atoms with Crippen molar-refractivity contribution in [1.29, 1.82) is 0 Å². The predicted octanol–water partition coefficient (Wildman–Crippen LogP) is 10.2. The molecule has 0 aliphatic heterocycles. The number of hydrogen-bond donors (Lipinski definition) is 1. The molecule has 334 valence electrons. The van der Waals surface area contributed by atoms with Crippen molar-refractivity contribution in [3.05, 3.63) is 103 Å². The van der Waals surface area contributed by atoms with E-state index in [0.717, 1.165) is 59.7 Å². The Bertz CT molecular complexity index is 2680. The fourth-order valence-electron chi connectivity index (χ4n) is 10.4. The van der Waals surface area contributed by atoms with Gasteiger partial charge in [0.05, 0.1) is 17.3 Å². The minimum atomic E-state index is -3.79. The van der Waals surface area contributed by atoms with Gasteiger partial charge < -0.3 is 14.8 Å². The number of aromatic amines is 1. The summed E-state index contributed by atoms with van der Waals surface area (Å²) in [6.45, 7) is 13.8. The van der Waals surface area contributed by atoms with Crippen molar-refractivity contribution in [2.75, 3.05) is 26.2 Å². The molecule has 9 rings (SSSR count). The Morgan fingerprint density at radius 1 is 0.651 bits per heavy atom. The van der Waals surface area contributed by atoms with Gasteiger partial charge in [-0.05, 0) is 138 Å². The van der Waals surface area contributed by atoms with Crippen molar-refractivity contribution in [3.8, 4) is 22.3 Å². The number of pyridine rings is 2. The molecule has 0 unspecified atom stereocenters. The van der Waals surface area contributed by atoms with Crippen molar-refractivity contribution in [3.63, 3.8) is 0 Å². The molecular formula is C50H66N10O2S. The Labute approximate surface area is 373 Å². The SMILES string of the molecule is CCCN(CC)C1CCC(c2cnc3[nH]cc(-c4cnn(C)c4)c3c2)CC1.CCCN(CC)C1CCC(c2cnc3c(c2)c(-c2cnn(C)c2)cn3S(=O)(=O)c2ccccc2)CC1. The molecule has 0 spiro atoms. The maximum absolute atomic E-state index is 13.6. The van der Waals surface area contributed by atoms with Crippen molar-refractivity contribution < 1.29 is 8.42 Å². The van der Waals surface area contributed by atoms with Gasteiger partial charge in [0.25, 0.3) is 10.0 Å². The summed E-state index contributed by atoms with van der Waals surface area (Å²) in [4.78, 5) is 18.3. The van der Waals surface area contributed by atoms with E-state index < -0.39 is 10.0 Å². The maximum Gasteiger partial charge on any atom is 0.269 e. The van der Waals surface area contributed by atoms with E-state index >= 15 is 0 Å². The summed E-state index contributed by atoms with van der Waals surface area (Å²) in [6, 6.07) is 14.5. The van der Waals surface area contributed by atoms with Crippen LogP contribution in [0.5, 0.6) is 0 Å². The third-order valence-electron chi connectivity index (χ3n) is 13.7. The van der Waals surface area contributed by atoms with Crippen LogP contribution in [0, 0.1) is 0 Å². The van der Waals surface area contributed by atoms with E-state index in [9.17, 15) is 8.42 Å². The van der Waals surface area contributed by atoms with Gasteiger partial charge in [0, 0.05) is 96.4 Å². The Hall–Kier alpha value is -5.11. The minimum absolute atomic E-state index is 0.247. The Kier molecular flexibility index (Phi) is 13.9. The summed E-state index contributed by atoms with van der Waals surface area (Å²) < 4.78 is 32.0. The van der Waals surface area contributed by atoms with Gasteiger partial charge >= 0.3 is 0 Å². The Morgan fingerprint density at radius 2 is 1.17 bits per heavy atom. The van der Waals surface area contributed by atoms with Gasteiger partial charge in [-0.3, -0.25) is 9.36 Å². The van der Waals surface area contributed by atoms with E-state index in [1.165, 1.54) is 90.5 Å². The fraction of sp³-hybridized carbons (Fsp3) is 0.480. The van der Waals surface area contributed by atoms with Crippen LogP contribution >= 0.6 is 0 Å². The summed E-state index contributed by atoms with van der Waals surface area (Å²) in [5.41, 5.74) is 8.06. The summed E-state index contributed by atoms with van der Waals surface area (Å²) in [5, 5.41) is 10.7. The van der Waals surface area contributed by atoms with E-state index in [1.54, 1.807) is 41.3 Å². The molecule has 2 aliphatic rings. The molecule has 0 atom stereocenters. The lowest BCUT2D eigenvalue weighted by Crippen LogP contribution is -2.38. The van der Waals surface area contributed by atoms with Crippen LogP contribution < -0.4 is 0 Å². The van der Waals surface area contributed by atoms with Crippen LogP contribution in [-0.4, -0.2) is 95.0 Å². The summed E-state index contributed by atoms with van der Waals surface area (Å²) >= 11 is 0. The molecule has 12 nitrogen and oxygen atoms in total. The molecule has 0 amide bonds. The molecule has 1 aromatic carbocycles. The van der Waals surface area contributed by atoms with E-state index in [-0.39, 0.29) is 4.90 Å². The van der Waals surface area contributed by atoms with Crippen molar-refractivity contribution in [2.45, 2.75) is 121 Å². The number of benzene rings is 1. The van der Waals surface area contributed by atoms with Crippen molar-refractivity contribution >= 4 is 32.1 Å². The molecule has 2 saturated carbocycles. The number of rotatable bonds is 14. The number of nitrogens with zero attached hydrogens (tertiary/aromatic N) is 9. The topological polar surface area (TPSA) is 123 Å². The van der Waals surface area contributed by atoms with Gasteiger partial charge in [-0.15, -0.1) is 0 Å². The first-order valence-corrected chi connectivity index (χ1v) is 24.8. The number of nitrogens with one attached hydrogen (secondary N) is 1. The first-order chi connectivity index (χ1) is 30.6. The molecule has 2 aliphatic carbocycles. The zero-order valence-electron chi connectivity index (χ0n) is 38.1. The van der Waals surface area contributed by atoms with Gasteiger partial charge in [0.15, 0.2) is 5.65 Å². The first-order valence-electron chi connectivity index (χ1n) is 23.4. The Morgan fingerprint density at radius 3 is 1.68 bits per heavy atom. The normalized spacial score (nSPS) is 19.6. The maximum atomic E-state index is 13.6. The average Bonchev–Trinajstić information content (AvgIpc) is 4.14. The zero-order valence-corrected chi connectivity index (χ0v) is 38.9. The molecule has 0 radical (unpaired) electrons. The van der Waals surface area contributed by atoms with Crippen LogP contribution in [0.1, 0.15) is 115 Å². The first kappa shape index (κ1) is 44.5. The summed E-state index contributed by atoms with van der Waals surface area (Å²) in [5.74, 6) is 1.07. The highest BCUT2D eigenvalue weighted by molar-refractivity contribution is 7.90. The van der Waals surface area contributed by atoms with E-state index in [2.05, 4.69) is 83.4 Å². The average molecular weight is 871 g/mol. The largest absolute Gasteiger partial charge is 0.346 e. The third kappa shape index (κ3) is 9.56. The number of fused-ring (bicyclic) bond motifs is 2. The molecular weight excluding hydrogens is 805 g/mol. The lowest BCUT2D eigenvalue weighted by molar-refractivity contribution is 0.156. The molecule has 0 saturated heterocycles. The minimum Gasteiger partial charge on any atom is -0.346 e. The van der Waals surface area contributed by atoms with Crippen molar-refractivity contribution in [2.24, 2.45) is 14.1 Å². The van der Waals surface area contributed by atoms with Gasteiger partial charge in [0.1, 0.15) is 5.65 Å². The fourth-order valence-corrected chi connectivity index (χ4v) is 11.7. The van der Waals surface area contributed by atoms with Gasteiger partial charge in [-0.1, -0.05) is 45.9 Å². The highest BCUT2D eigenvalue weighted by atomic mass is 32.2. The zero-order chi connectivity index (χ0) is 44.1. The van der Waals surface area contributed by atoms with Gasteiger partial charge in [0.2, 0.25) is 0 Å². The number of H-pyrrole nitrogens is 1. The van der Waals surface area contributed by atoms with Crippen LogP contribution in [-0.2, 0) is 24.1 Å². The summed E-state index contributed by atoms with van der Waals surface area (Å²) in [7, 11) is 0.0342. The monoisotopic (exact) mass is 871 g/mol. The van der Waals surface area contributed by atoms with Crippen LogP contribution in [0.2, 0.25) is 0 Å².